The van der Waals surface area contributed by atoms with E-state index in [-0.39, 0.29) is 29.6 Å². The molecule has 0 radical (unpaired) electrons. The van der Waals surface area contributed by atoms with Crippen molar-refractivity contribution in [3.8, 4) is 0 Å². The van der Waals surface area contributed by atoms with E-state index in [9.17, 15) is 47.9 Å². The first-order valence-corrected chi connectivity index (χ1v) is 9.78. The molecule has 3 nitrogen and oxygen atoms in total. The summed E-state index contributed by atoms with van der Waals surface area (Å²) in [6, 6.07) is 0. The number of sulfonamides is 1. The molecule has 22 heavy (non-hydrogen) atoms. The summed E-state index contributed by atoms with van der Waals surface area (Å²) in [5.41, 5.74) is 0. The zero-order chi connectivity index (χ0) is 17.7. The standard InChI is InChI=1S/C7H9F9NO2SSi.Na/c1-21(2,3)17-20(18,19)7(15,16)5(10,11)4(8,9)6(12,13)14;/h1-3H3;/q-1;+1. The molecule has 15 heteroatoms. The summed E-state index contributed by atoms with van der Waals surface area (Å²) in [5, 5.41) is -6.72. The van der Waals surface area contributed by atoms with Crippen molar-refractivity contribution in [2.24, 2.45) is 0 Å². The molecule has 0 bridgehead atoms. The van der Waals surface area contributed by atoms with Gasteiger partial charge in [0.2, 0.25) is 0 Å². The van der Waals surface area contributed by atoms with Gasteiger partial charge in [-0.25, -0.2) is 8.42 Å². The van der Waals surface area contributed by atoms with Crippen LogP contribution < -0.4 is 29.6 Å². The van der Waals surface area contributed by atoms with Gasteiger partial charge in [0.1, 0.15) is 10.0 Å². The van der Waals surface area contributed by atoms with Crippen molar-refractivity contribution in [3.05, 3.63) is 4.39 Å². The topological polar surface area (TPSA) is 48.2 Å². The molecule has 0 aliphatic carbocycles. The molecule has 128 valence electrons. The fourth-order valence-corrected chi connectivity index (χ4v) is 4.74. The maximum atomic E-state index is 13.1. The summed E-state index contributed by atoms with van der Waals surface area (Å²) in [4.78, 5) is 0. The Morgan fingerprint density at radius 2 is 1.09 bits per heavy atom. The number of rotatable bonds is 5. The average Bonchev–Trinajstić information content (AvgIpc) is 2.10. The van der Waals surface area contributed by atoms with Crippen LogP contribution >= 0.6 is 0 Å². The number of hydrogen-bond acceptors (Lipinski definition) is 2. The second-order valence-corrected chi connectivity index (χ2v) is 11.4. The van der Waals surface area contributed by atoms with Crippen molar-refractivity contribution >= 4 is 18.3 Å². The van der Waals surface area contributed by atoms with E-state index in [2.05, 4.69) is 4.39 Å². The molecule has 0 spiro atoms. The molecular formula is C7H9F9NNaO2SSi. The molecule has 0 saturated carbocycles. The molecule has 0 aromatic rings. The van der Waals surface area contributed by atoms with E-state index in [0.29, 0.717) is 0 Å². The van der Waals surface area contributed by atoms with Gasteiger partial charge < -0.3 is 4.39 Å². The van der Waals surface area contributed by atoms with Gasteiger partial charge in [0, 0.05) is 0 Å². The Labute approximate surface area is 143 Å². The summed E-state index contributed by atoms with van der Waals surface area (Å²) in [6.45, 7) is 2.92. The van der Waals surface area contributed by atoms with E-state index in [4.69, 9.17) is 0 Å². The zero-order valence-electron chi connectivity index (χ0n) is 11.6. The molecule has 0 saturated heterocycles. The van der Waals surface area contributed by atoms with Crippen LogP contribution in [-0.2, 0) is 10.0 Å². The first kappa shape index (κ1) is 24.7. The Morgan fingerprint density at radius 1 is 0.773 bits per heavy atom. The molecule has 0 unspecified atom stereocenters. The van der Waals surface area contributed by atoms with Crippen LogP contribution in [0.4, 0.5) is 39.5 Å². The van der Waals surface area contributed by atoms with Gasteiger partial charge in [-0.3, -0.25) is 0 Å². The third-order valence-electron chi connectivity index (χ3n) is 1.83. The van der Waals surface area contributed by atoms with Gasteiger partial charge >= 0.3 is 52.8 Å². The number of alkyl halides is 9. The van der Waals surface area contributed by atoms with Crippen LogP contribution in [0, 0.1) is 0 Å². The maximum Gasteiger partial charge on any atom is 1.00 e. The van der Waals surface area contributed by atoms with E-state index in [1.165, 1.54) is 0 Å². The number of halogens is 9. The summed E-state index contributed by atoms with van der Waals surface area (Å²) >= 11 is 0. The monoisotopic (exact) mass is 393 g/mol. The first-order chi connectivity index (χ1) is 8.71. The molecule has 0 aromatic carbocycles. The van der Waals surface area contributed by atoms with Crippen LogP contribution in [0.15, 0.2) is 0 Å². The minimum atomic E-state index is -7.26. The Balaban J connectivity index is 0. The zero-order valence-corrected chi connectivity index (χ0v) is 15.4. The van der Waals surface area contributed by atoms with E-state index >= 15 is 0 Å². The minimum Gasteiger partial charge on any atom is -0.546 e. The molecule has 0 aromatic heterocycles. The van der Waals surface area contributed by atoms with Gasteiger partial charge in [0.25, 0.3) is 0 Å². The quantitative estimate of drug-likeness (QED) is 0.516. The van der Waals surface area contributed by atoms with Crippen LogP contribution in [-0.4, -0.2) is 39.9 Å². The number of nitrogens with zero attached hydrogens (tertiary/aromatic N) is 1. The van der Waals surface area contributed by atoms with E-state index in [0.717, 1.165) is 19.6 Å². The summed E-state index contributed by atoms with van der Waals surface area (Å²) in [7, 11) is -9.98. The van der Waals surface area contributed by atoms with Gasteiger partial charge in [-0.15, -0.1) is 0 Å². The second-order valence-electron chi connectivity index (χ2n) is 4.90. The van der Waals surface area contributed by atoms with Gasteiger partial charge in [0.05, 0.1) is 0 Å². The van der Waals surface area contributed by atoms with Crippen LogP contribution in [0.1, 0.15) is 0 Å². The Bertz CT molecular complexity index is 499. The minimum absolute atomic E-state index is 0. The maximum absolute atomic E-state index is 13.1. The fourth-order valence-electron chi connectivity index (χ4n) is 0.941. The van der Waals surface area contributed by atoms with E-state index < -0.39 is 41.5 Å². The van der Waals surface area contributed by atoms with Crippen molar-refractivity contribution in [2.75, 3.05) is 0 Å². The average molecular weight is 393 g/mol. The fraction of sp³-hybridized carbons (Fsp3) is 1.00. The number of hydrogen-bond donors (Lipinski definition) is 0. The molecule has 0 amide bonds. The Kier molecular flexibility index (Phi) is 7.22. The van der Waals surface area contributed by atoms with Gasteiger partial charge in [-0.2, -0.15) is 39.5 Å². The molecule has 0 N–H and O–H groups in total. The van der Waals surface area contributed by atoms with Crippen LogP contribution in [0.5, 0.6) is 0 Å². The van der Waals surface area contributed by atoms with Crippen molar-refractivity contribution in [1.29, 1.82) is 0 Å². The van der Waals surface area contributed by atoms with Crippen molar-refractivity contribution in [3.63, 3.8) is 0 Å². The van der Waals surface area contributed by atoms with Crippen molar-refractivity contribution in [1.82, 2.24) is 0 Å². The van der Waals surface area contributed by atoms with E-state index in [1.807, 2.05) is 0 Å². The van der Waals surface area contributed by atoms with Crippen LogP contribution in [0.25, 0.3) is 4.39 Å². The molecule has 0 heterocycles. The van der Waals surface area contributed by atoms with Crippen molar-refractivity contribution in [2.45, 2.75) is 42.9 Å². The summed E-state index contributed by atoms with van der Waals surface area (Å²) < 4.78 is 137. The summed E-state index contributed by atoms with van der Waals surface area (Å²) in [6.07, 6.45) is -7.07. The SMILES string of the molecule is C[Si](C)(C)[N-]S(=O)(=O)C(F)(F)C(F)(F)C(F)(F)C(F)(F)F.[Na+]. The van der Waals surface area contributed by atoms with Crippen molar-refractivity contribution < 1.29 is 77.5 Å². The normalized spacial score (nSPS) is 15.5. The Morgan fingerprint density at radius 3 is 1.32 bits per heavy atom. The largest absolute Gasteiger partial charge is 1.00 e. The second kappa shape index (κ2) is 6.42. The van der Waals surface area contributed by atoms with Gasteiger partial charge in [0.15, 0.2) is 0 Å². The molecule has 0 atom stereocenters. The predicted molar refractivity (Wildman–Crippen MR) is 56.5 cm³/mol. The van der Waals surface area contributed by atoms with Crippen LogP contribution in [0.2, 0.25) is 19.6 Å². The smallest absolute Gasteiger partial charge is 0.546 e. The predicted octanol–water partition coefficient (Wildman–Crippen LogP) is 0.955. The summed E-state index contributed by atoms with van der Waals surface area (Å²) in [5.74, 6) is -14.5. The first-order valence-electron chi connectivity index (χ1n) is 4.89. The molecule has 0 aliphatic rings. The third-order valence-corrected chi connectivity index (χ3v) is 5.89. The van der Waals surface area contributed by atoms with E-state index in [1.54, 1.807) is 0 Å². The van der Waals surface area contributed by atoms with Crippen LogP contribution in [0.3, 0.4) is 0 Å². The van der Waals surface area contributed by atoms with Gasteiger partial charge in [-0.05, 0) is 0 Å². The van der Waals surface area contributed by atoms with Gasteiger partial charge in [-0.1, -0.05) is 27.9 Å². The molecule has 0 fully saturated rings. The molecular weight excluding hydrogens is 384 g/mol. The molecule has 0 aliphatic heterocycles. The molecule has 0 rings (SSSR count). The Hall–Kier alpha value is 0.497. The third kappa shape index (κ3) is 4.31.